The Bertz CT molecular complexity index is 945. The van der Waals surface area contributed by atoms with E-state index in [0.717, 1.165) is 12.7 Å². The van der Waals surface area contributed by atoms with E-state index < -0.39 is 5.97 Å². The summed E-state index contributed by atoms with van der Waals surface area (Å²) >= 11 is 10.0. The number of carbonyl (C=O) groups excluding carboxylic acids is 2. The molecule has 0 atom stereocenters. The normalized spacial score (nSPS) is 15.0. The number of halogens is 3. The van der Waals surface area contributed by atoms with Crippen molar-refractivity contribution >= 4 is 80.7 Å². The third-order valence-electron chi connectivity index (χ3n) is 3.28. The summed E-state index contributed by atoms with van der Waals surface area (Å²) in [6.45, 7) is 1.35. The van der Waals surface area contributed by atoms with Gasteiger partial charge in [-0.1, -0.05) is 11.6 Å². The second-order valence-corrected chi connectivity index (χ2v) is 8.01. The topological polar surface area (TPSA) is 65.0 Å². The van der Waals surface area contributed by atoms with Crippen molar-refractivity contribution < 1.29 is 19.1 Å². The van der Waals surface area contributed by atoms with E-state index in [1.54, 1.807) is 42.5 Å². The summed E-state index contributed by atoms with van der Waals surface area (Å²) in [5.74, 6) is -0.174. The fraction of sp³-hybridized carbons (Fsp3) is 0.0556. The number of rotatable bonds is 3. The van der Waals surface area contributed by atoms with Crippen molar-refractivity contribution in [3.05, 3.63) is 65.4 Å². The van der Waals surface area contributed by atoms with Crippen molar-refractivity contribution in [1.82, 2.24) is 0 Å². The first-order valence-electron chi connectivity index (χ1n) is 7.29. The summed E-state index contributed by atoms with van der Waals surface area (Å²) in [7, 11) is 0. The van der Waals surface area contributed by atoms with Gasteiger partial charge < -0.3 is 9.47 Å². The molecular formula is C18H10ClI2NO4. The molecule has 0 N–H and O–H groups in total. The van der Waals surface area contributed by atoms with Crippen molar-refractivity contribution in [2.45, 2.75) is 6.92 Å². The van der Waals surface area contributed by atoms with Crippen molar-refractivity contribution in [2.75, 3.05) is 0 Å². The second-order valence-electron chi connectivity index (χ2n) is 5.25. The van der Waals surface area contributed by atoms with E-state index in [1.807, 2.05) is 0 Å². The lowest BCUT2D eigenvalue weighted by molar-refractivity contribution is -0.132. The number of nitrogens with zero attached hydrogens (tertiary/aromatic N) is 1. The zero-order chi connectivity index (χ0) is 18.8. The summed E-state index contributed by atoms with van der Waals surface area (Å²) < 4.78 is 11.9. The van der Waals surface area contributed by atoms with Crippen LogP contribution in [0.5, 0.6) is 5.75 Å². The molecule has 2 aromatic carbocycles. The maximum atomic E-state index is 12.1. The summed E-state index contributed by atoms with van der Waals surface area (Å²) in [5, 5.41) is 0.589. The molecule has 0 fully saturated rings. The van der Waals surface area contributed by atoms with Gasteiger partial charge in [0.1, 0.15) is 0 Å². The molecule has 0 aliphatic carbocycles. The Labute approximate surface area is 181 Å². The van der Waals surface area contributed by atoms with Crippen LogP contribution >= 0.6 is 56.8 Å². The van der Waals surface area contributed by atoms with Crippen LogP contribution in [-0.2, 0) is 14.3 Å². The van der Waals surface area contributed by atoms with Crippen LogP contribution in [0.15, 0.2) is 47.1 Å². The van der Waals surface area contributed by atoms with E-state index in [0.29, 0.717) is 16.3 Å². The van der Waals surface area contributed by atoms with E-state index in [1.165, 1.54) is 6.92 Å². The number of benzene rings is 2. The molecular weight excluding hydrogens is 583 g/mol. The van der Waals surface area contributed by atoms with Crippen LogP contribution in [0, 0.1) is 7.14 Å². The molecule has 0 spiro atoms. The third-order valence-corrected chi connectivity index (χ3v) is 5.14. The monoisotopic (exact) mass is 593 g/mol. The Kier molecular flexibility index (Phi) is 5.98. The number of aliphatic imine (C=N–C) groups is 1. The van der Waals surface area contributed by atoms with Crippen molar-refractivity contribution in [3.63, 3.8) is 0 Å². The fourth-order valence-electron chi connectivity index (χ4n) is 2.19. The highest BCUT2D eigenvalue weighted by Crippen LogP contribution is 2.30. The van der Waals surface area contributed by atoms with Crippen molar-refractivity contribution in [2.24, 2.45) is 4.99 Å². The highest BCUT2D eigenvalue weighted by Gasteiger charge is 2.24. The quantitative estimate of drug-likeness (QED) is 0.222. The smallest absolute Gasteiger partial charge is 0.363 e. The Balaban J connectivity index is 1.93. The molecule has 2 aromatic rings. The lowest BCUT2D eigenvalue weighted by Crippen LogP contribution is -2.05. The molecule has 1 aliphatic heterocycles. The summed E-state index contributed by atoms with van der Waals surface area (Å²) in [5.41, 5.74) is 1.62. The molecule has 8 heteroatoms. The van der Waals surface area contributed by atoms with Crippen LogP contribution in [0.25, 0.3) is 6.08 Å². The minimum absolute atomic E-state index is 0.196. The maximum absolute atomic E-state index is 12.1. The molecule has 0 saturated carbocycles. The summed E-state index contributed by atoms with van der Waals surface area (Å²) in [6.07, 6.45) is 1.63. The number of hydrogen-bond acceptors (Lipinski definition) is 5. The average Bonchev–Trinajstić information content (AvgIpc) is 2.92. The van der Waals surface area contributed by atoms with Gasteiger partial charge in [0, 0.05) is 17.5 Å². The molecule has 0 aromatic heterocycles. The Morgan fingerprint density at radius 1 is 1.19 bits per heavy atom. The largest absolute Gasteiger partial charge is 0.424 e. The maximum Gasteiger partial charge on any atom is 0.363 e. The Morgan fingerprint density at radius 2 is 1.81 bits per heavy atom. The van der Waals surface area contributed by atoms with Gasteiger partial charge in [0.15, 0.2) is 11.4 Å². The number of esters is 2. The van der Waals surface area contributed by atoms with Gasteiger partial charge in [0.2, 0.25) is 5.90 Å². The number of ether oxygens (including phenoxy) is 2. The van der Waals surface area contributed by atoms with E-state index in [2.05, 4.69) is 50.2 Å². The van der Waals surface area contributed by atoms with Gasteiger partial charge >= 0.3 is 11.9 Å². The van der Waals surface area contributed by atoms with Gasteiger partial charge in [-0.05, 0) is 93.2 Å². The molecule has 3 rings (SSSR count). The number of cyclic esters (lactones) is 1. The standard InChI is InChI=1S/C18H10ClI2NO4/c1-9(23)25-16-13(20)6-10(7-14(16)21)8-15-18(24)26-17(22-15)11-2-4-12(19)5-3-11/h2-8H,1H3. The van der Waals surface area contributed by atoms with Crippen LogP contribution in [-0.4, -0.2) is 17.8 Å². The molecule has 0 saturated heterocycles. The van der Waals surface area contributed by atoms with Gasteiger partial charge in [-0.15, -0.1) is 0 Å². The minimum atomic E-state index is -0.524. The highest BCUT2D eigenvalue weighted by molar-refractivity contribution is 14.1. The molecule has 1 heterocycles. The summed E-state index contributed by atoms with van der Waals surface area (Å²) in [4.78, 5) is 27.6. The second kappa shape index (κ2) is 8.05. The average molecular weight is 594 g/mol. The van der Waals surface area contributed by atoms with Crippen LogP contribution in [0.1, 0.15) is 18.1 Å². The third kappa shape index (κ3) is 4.44. The first-order chi connectivity index (χ1) is 12.3. The van der Waals surface area contributed by atoms with Crippen LogP contribution in [0.3, 0.4) is 0 Å². The zero-order valence-corrected chi connectivity index (χ0v) is 18.3. The molecule has 0 unspecified atom stereocenters. The zero-order valence-electron chi connectivity index (χ0n) is 13.3. The molecule has 132 valence electrons. The Hall–Kier alpha value is -1.46. The van der Waals surface area contributed by atoms with Crippen molar-refractivity contribution in [1.29, 1.82) is 0 Å². The minimum Gasteiger partial charge on any atom is -0.424 e. The van der Waals surface area contributed by atoms with E-state index in [4.69, 9.17) is 21.1 Å². The predicted molar refractivity (Wildman–Crippen MR) is 115 cm³/mol. The highest BCUT2D eigenvalue weighted by atomic mass is 127. The summed E-state index contributed by atoms with van der Waals surface area (Å²) in [6, 6.07) is 10.5. The van der Waals surface area contributed by atoms with Gasteiger partial charge in [-0.2, -0.15) is 0 Å². The molecule has 0 amide bonds. The van der Waals surface area contributed by atoms with Gasteiger partial charge in [0.05, 0.1) is 7.14 Å². The van der Waals surface area contributed by atoms with Crippen LogP contribution in [0.4, 0.5) is 0 Å². The van der Waals surface area contributed by atoms with Gasteiger partial charge in [-0.3, -0.25) is 4.79 Å². The first kappa shape index (κ1) is 19.3. The fourth-order valence-corrected chi connectivity index (χ4v) is 4.35. The predicted octanol–water partition coefficient (Wildman–Crippen LogP) is 4.82. The van der Waals surface area contributed by atoms with E-state index in [-0.39, 0.29) is 17.6 Å². The van der Waals surface area contributed by atoms with Crippen molar-refractivity contribution in [3.8, 4) is 5.75 Å². The molecule has 1 aliphatic rings. The molecule has 0 radical (unpaired) electrons. The van der Waals surface area contributed by atoms with Crippen LogP contribution in [0.2, 0.25) is 5.02 Å². The Morgan fingerprint density at radius 3 is 2.38 bits per heavy atom. The number of hydrogen-bond donors (Lipinski definition) is 0. The van der Waals surface area contributed by atoms with E-state index >= 15 is 0 Å². The SMILES string of the molecule is CC(=O)Oc1c(I)cc(C=C2N=C(c3ccc(Cl)cc3)OC2=O)cc1I. The molecule has 5 nitrogen and oxygen atoms in total. The lowest BCUT2D eigenvalue weighted by Gasteiger charge is -2.08. The number of carbonyl (C=O) groups is 2. The molecule has 26 heavy (non-hydrogen) atoms. The molecule has 0 bridgehead atoms. The first-order valence-corrected chi connectivity index (χ1v) is 9.83. The van der Waals surface area contributed by atoms with Gasteiger partial charge in [0.25, 0.3) is 0 Å². The van der Waals surface area contributed by atoms with Crippen LogP contribution < -0.4 is 4.74 Å². The lowest BCUT2D eigenvalue weighted by atomic mass is 10.2. The van der Waals surface area contributed by atoms with E-state index in [9.17, 15) is 9.59 Å². The van der Waals surface area contributed by atoms with Gasteiger partial charge in [-0.25, -0.2) is 9.79 Å².